The normalized spacial score (nSPS) is 21.0. The van der Waals surface area contributed by atoms with Crippen LogP contribution in [0, 0.1) is 0 Å². The highest BCUT2D eigenvalue weighted by atomic mass is 16.2. The Balaban J connectivity index is 1.21. The van der Waals surface area contributed by atoms with Gasteiger partial charge >= 0.3 is 6.03 Å². The van der Waals surface area contributed by atoms with Gasteiger partial charge in [-0.2, -0.15) is 4.68 Å². The first-order valence-corrected chi connectivity index (χ1v) is 11.6. The highest BCUT2D eigenvalue weighted by Gasteiger charge is 2.52. The molecule has 8 nitrogen and oxygen atoms in total. The van der Waals surface area contributed by atoms with Gasteiger partial charge < -0.3 is 9.80 Å². The number of pyridine rings is 1. The van der Waals surface area contributed by atoms with Crippen molar-refractivity contribution in [3.63, 3.8) is 0 Å². The molecule has 0 spiro atoms. The summed E-state index contributed by atoms with van der Waals surface area (Å²) >= 11 is 0. The third kappa shape index (κ3) is 3.34. The van der Waals surface area contributed by atoms with Crippen LogP contribution in [-0.4, -0.2) is 60.8 Å². The topological polar surface area (TPSA) is 84.2 Å². The molecule has 0 bridgehead atoms. The van der Waals surface area contributed by atoms with Crippen LogP contribution in [0.2, 0.25) is 0 Å². The van der Waals surface area contributed by atoms with E-state index in [9.17, 15) is 9.59 Å². The lowest BCUT2D eigenvalue weighted by atomic mass is 9.76. The molecule has 2 atom stereocenters. The van der Waals surface area contributed by atoms with Gasteiger partial charge in [0.25, 0.3) is 0 Å². The highest BCUT2D eigenvalue weighted by molar-refractivity contribution is 5.92. The molecular weight excluding hydrogens is 428 g/mol. The predicted octanol–water partition coefficient (Wildman–Crippen LogP) is 3.63. The van der Waals surface area contributed by atoms with Gasteiger partial charge in [-0.1, -0.05) is 53.7 Å². The summed E-state index contributed by atoms with van der Waals surface area (Å²) in [5, 5.41) is 8.16. The summed E-state index contributed by atoms with van der Waals surface area (Å²) < 4.78 is 1.37. The number of nitrogens with zero attached hydrogens (tertiary/aromatic N) is 6. The zero-order chi connectivity index (χ0) is 23.1. The van der Waals surface area contributed by atoms with Gasteiger partial charge in [0.05, 0.1) is 17.5 Å². The first-order chi connectivity index (χ1) is 16.7. The Morgan fingerprint density at radius 2 is 1.62 bits per heavy atom. The van der Waals surface area contributed by atoms with E-state index >= 15 is 0 Å². The quantitative estimate of drug-likeness (QED) is 0.443. The van der Waals surface area contributed by atoms with Crippen molar-refractivity contribution < 1.29 is 9.59 Å². The number of fused-ring (bicyclic) bond motifs is 1. The Kier molecular flexibility index (Phi) is 5.05. The largest absolute Gasteiger partial charge is 0.346 e. The van der Waals surface area contributed by atoms with Crippen LogP contribution in [0.5, 0.6) is 0 Å². The number of hydrogen-bond donors (Lipinski definition) is 0. The van der Waals surface area contributed by atoms with Gasteiger partial charge in [0.1, 0.15) is 5.52 Å². The smallest absolute Gasteiger partial charge is 0.331 e. The number of likely N-dealkylation sites (tertiary alicyclic amines) is 2. The first kappa shape index (κ1) is 20.5. The molecule has 4 heterocycles. The SMILES string of the molecule is O=C1[C@H](c2ccccc2)[C@@H](c2cccnc2)N1C1CCN(C(=O)n2nnc3ccccc32)CC1. The van der Waals surface area contributed by atoms with Crippen molar-refractivity contribution in [2.75, 3.05) is 13.1 Å². The highest BCUT2D eigenvalue weighted by Crippen LogP contribution is 2.48. The maximum absolute atomic E-state index is 13.4. The fourth-order valence-corrected chi connectivity index (χ4v) is 5.29. The maximum atomic E-state index is 13.4. The summed E-state index contributed by atoms with van der Waals surface area (Å²) in [6.45, 7) is 1.13. The van der Waals surface area contributed by atoms with Crippen LogP contribution in [-0.2, 0) is 4.79 Å². The Morgan fingerprint density at radius 1 is 0.882 bits per heavy atom. The van der Waals surface area contributed by atoms with E-state index in [1.807, 2.05) is 77.8 Å². The first-order valence-electron chi connectivity index (χ1n) is 11.6. The molecule has 170 valence electrons. The molecule has 2 aliphatic rings. The molecule has 0 saturated carbocycles. The van der Waals surface area contributed by atoms with Crippen LogP contribution >= 0.6 is 0 Å². The molecule has 6 rings (SSSR count). The van der Waals surface area contributed by atoms with E-state index in [-0.39, 0.29) is 29.9 Å². The number of benzene rings is 2. The van der Waals surface area contributed by atoms with E-state index in [1.165, 1.54) is 4.68 Å². The van der Waals surface area contributed by atoms with Gasteiger partial charge in [0, 0.05) is 31.5 Å². The minimum Gasteiger partial charge on any atom is -0.331 e. The van der Waals surface area contributed by atoms with Crippen molar-refractivity contribution in [2.24, 2.45) is 0 Å². The minimum atomic E-state index is -0.202. The fraction of sp³-hybridized carbons (Fsp3) is 0.269. The van der Waals surface area contributed by atoms with Crippen molar-refractivity contribution in [2.45, 2.75) is 30.8 Å². The van der Waals surface area contributed by atoms with Gasteiger partial charge in [0.2, 0.25) is 5.91 Å². The minimum absolute atomic E-state index is 0.0462. The fourth-order valence-electron chi connectivity index (χ4n) is 5.29. The van der Waals surface area contributed by atoms with Gasteiger partial charge in [0.15, 0.2) is 0 Å². The zero-order valence-corrected chi connectivity index (χ0v) is 18.6. The Labute approximate surface area is 196 Å². The molecule has 4 aromatic rings. The zero-order valence-electron chi connectivity index (χ0n) is 18.6. The number of hydrogen-bond acceptors (Lipinski definition) is 5. The van der Waals surface area contributed by atoms with Crippen molar-refractivity contribution in [3.8, 4) is 0 Å². The average molecular weight is 453 g/mol. The molecule has 0 unspecified atom stereocenters. The van der Waals surface area contributed by atoms with Crippen LogP contribution in [0.1, 0.15) is 35.9 Å². The van der Waals surface area contributed by atoms with Crippen LogP contribution < -0.4 is 0 Å². The summed E-state index contributed by atoms with van der Waals surface area (Å²) in [7, 11) is 0. The second kappa shape index (κ2) is 8.37. The Morgan fingerprint density at radius 3 is 2.38 bits per heavy atom. The van der Waals surface area contributed by atoms with E-state index in [0.717, 1.165) is 24.0 Å². The third-order valence-corrected chi connectivity index (χ3v) is 6.98. The molecular formula is C26H24N6O2. The van der Waals surface area contributed by atoms with Crippen LogP contribution in [0.25, 0.3) is 11.0 Å². The summed E-state index contributed by atoms with van der Waals surface area (Å²) in [5.41, 5.74) is 3.48. The third-order valence-electron chi connectivity index (χ3n) is 6.98. The molecule has 0 radical (unpaired) electrons. The lowest BCUT2D eigenvalue weighted by molar-refractivity contribution is -0.156. The van der Waals surface area contributed by atoms with Crippen LogP contribution in [0.3, 0.4) is 0 Å². The summed E-state index contributed by atoms with van der Waals surface area (Å²) in [5.74, 6) is -0.0568. The summed E-state index contributed by atoms with van der Waals surface area (Å²) in [6.07, 6.45) is 5.06. The van der Waals surface area contributed by atoms with E-state index in [2.05, 4.69) is 15.3 Å². The maximum Gasteiger partial charge on any atom is 0.346 e. The van der Waals surface area contributed by atoms with Crippen LogP contribution in [0.4, 0.5) is 4.79 Å². The molecule has 8 heteroatoms. The monoisotopic (exact) mass is 452 g/mol. The van der Waals surface area contributed by atoms with Crippen molar-refractivity contribution in [3.05, 3.63) is 90.3 Å². The summed E-state index contributed by atoms with van der Waals surface area (Å²) in [4.78, 5) is 34.6. The predicted molar refractivity (Wildman–Crippen MR) is 126 cm³/mol. The number of β-lactam (4-membered cyclic amide) rings is 1. The number of amides is 2. The standard InChI is InChI=1S/C26H24N6O2/c33-25-23(18-7-2-1-3-8-18)24(19-9-6-14-27-17-19)31(25)20-12-15-30(16-13-20)26(34)32-22-11-5-4-10-21(22)28-29-32/h1-11,14,17,20,23-24H,12-13,15-16H2/t23-,24-/m1/s1. The van der Waals surface area contributed by atoms with E-state index in [1.54, 1.807) is 11.1 Å². The van der Waals surface area contributed by atoms with Crippen molar-refractivity contribution in [1.82, 2.24) is 29.8 Å². The van der Waals surface area contributed by atoms with Crippen LogP contribution in [0.15, 0.2) is 79.1 Å². The molecule has 0 N–H and O–H groups in total. The lowest BCUT2D eigenvalue weighted by Gasteiger charge is -2.53. The molecule has 2 aliphatic heterocycles. The van der Waals surface area contributed by atoms with Gasteiger partial charge in [-0.15, -0.1) is 5.10 Å². The molecule has 2 aromatic heterocycles. The molecule has 2 amide bonds. The second-order valence-corrected chi connectivity index (χ2v) is 8.86. The number of aromatic nitrogens is 4. The van der Waals surface area contributed by atoms with E-state index < -0.39 is 0 Å². The van der Waals surface area contributed by atoms with Gasteiger partial charge in [-0.3, -0.25) is 9.78 Å². The molecule has 2 saturated heterocycles. The Hall–Kier alpha value is -4.07. The Bertz CT molecular complexity index is 1330. The van der Waals surface area contributed by atoms with Crippen molar-refractivity contribution in [1.29, 1.82) is 0 Å². The lowest BCUT2D eigenvalue weighted by Crippen LogP contribution is -2.60. The number of piperidine rings is 1. The molecule has 2 fully saturated rings. The number of rotatable bonds is 3. The number of para-hydroxylation sites is 1. The molecule has 2 aromatic carbocycles. The number of carbonyl (C=O) groups is 2. The molecule has 0 aliphatic carbocycles. The van der Waals surface area contributed by atoms with Gasteiger partial charge in [-0.25, -0.2) is 4.79 Å². The van der Waals surface area contributed by atoms with Gasteiger partial charge in [-0.05, 0) is 42.2 Å². The molecule has 34 heavy (non-hydrogen) atoms. The van der Waals surface area contributed by atoms with E-state index in [0.29, 0.717) is 24.1 Å². The van der Waals surface area contributed by atoms with Crippen molar-refractivity contribution >= 4 is 23.0 Å². The van der Waals surface area contributed by atoms with E-state index in [4.69, 9.17) is 0 Å². The number of carbonyl (C=O) groups excluding carboxylic acids is 2. The summed E-state index contributed by atoms with van der Waals surface area (Å²) in [6, 6.07) is 21.2. The second-order valence-electron chi connectivity index (χ2n) is 8.86. The average Bonchev–Trinajstić information content (AvgIpc) is 3.33.